The van der Waals surface area contributed by atoms with Crippen LogP contribution in [0.4, 0.5) is 0 Å². The predicted molar refractivity (Wildman–Crippen MR) is 61.0 cm³/mol. The van der Waals surface area contributed by atoms with Crippen LogP contribution in [0.15, 0.2) is 11.1 Å². The van der Waals surface area contributed by atoms with Crippen LogP contribution in [0.2, 0.25) is 0 Å². The van der Waals surface area contributed by atoms with Gasteiger partial charge in [-0.3, -0.25) is 4.68 Å². The summed E-state index contributed by atoms with van der Waals surface area (Å²) in [5, 5.41) is 4.14. The number of halogens is 1. The van der Waals surface area contributed by atoms with Crippen LogP contribution in [0.3, 0.4) is 0 Å². The lowest BCUT2D eigenvalue weighted by molar-refractivity contribution is 0.129. The minimum Gasteiger partial charge on any atom is -0.375 e. The van der Waals surface area contributed by atoms with E-state index < -0.39 is 9.05 Å². The van der Waals surface area contributed by atoms with Crippen LogP contribution in [-0.2, 0) is 20.4 Å². The molecule has 0 spiro atoms. The summed E-state index contributed by atoms with van der Waals surface area (Å²) in [5.74, 6) is 0. The van der Waals surface area contributed by atoms with Crippen molar-refractivity contribution in [1.82, 2.24) is 9.78 Å². The number of hydrogen-bond acceptors (Lipinski definition) is 4. The number of aromatic nitrogens is 2. The molecule has 0 aliphatic carbocycles. The van der Waals surface area contributed by atoms with E-state index in [1.54, 1.807) is 4.68 Å². The molecule has 0 aromatic carbocycles. The minimum atomic E-state index is -3.77. The summed E-state index contributed by atoms with van der Waals surface area (Å²) in [5.41, 5.74) is 0.352. The van der Waals surface area contributed by atoms with Crippen molar-refractivity contribution >= 4 is 19.7 Å². The van der Waals surface area contributed by atoms with Gasteiger partial charge < -0.3 is 4.74 Å². The van der Waals surface area contributed by atoms with Crippen molar-refractivity contribution in [2.45, 2.75) is 38.3 Å². The summed E-state index contributed by atoms with van der Waals surface area (Å²) < 4.78 is 29.3. The molecule has 0 bridgehead atoms. The van der Waals surface area contributed by atoms with Crippen LogP contribution in [0.1, 0.15) is 32.5 Å². The third-order valence-electron chi connectivity index (χ3n) is 2.00. The molecule has 5 nitrogen and oxygen atoms in total. The van der Waals surface area contributed by atoms with Crippen LogP contribution in [0.25, 0.3) is 0 Å². The Hall–Kier alpha value is -0.590. The van der Waals surface area contributed by atoms with Gasteiger partial charge in [0.2, 0.25) is 0 Å². The van der Waals surface area contributed by atoms with Gasteiger partial charge in [-0.15, -0.1) is 0 Å². The zero-order chi connectivity index (χ0) is 12.3. The highest BCUT2D eigenvalue weighted by atomic mass is 35.7. The molecule has 1 rings (SSSR count). The fourth-order valence-corrected chi connectivity index (χ4v) is 2.18. The maximum absolute atomic E-state index is 11.3. The van der Waals surface area contributed by atoms with E-state index >= 15 is 0 Å². The Bertz CT molecular complexity index is 453. The van der Waals surface area contributed by atoms with Gasteiger partial charge in [-0.1, -0.05) is 0 Å². The number of ether oxygens (including phenoxy) is 1. The van der Waals surface area contributed by atoms with Crippen LogP contribution < -0.4 is 0 Å². The Morgan fingerprint density at radius 1 is 1.56 bits per heavy atom. The average molecular weight is 267 g/mol. The maximum Gasteiger partial charge on any atom is 0.264 e. The van der Waals surface area contributed by atoms with E-state index in [9.17, 15) is 8.42 Å². The summed E-state index contributed by atoms with van der Waals surface area (Å²) in [6, 6.07) is 0.0764. The van der Waals surface area contributed by atoms with E-state index in [-0.39, 0.29) is 17.5 Å². The fraction of sp³-hybridized carbons (Fsp3) is 0.667. The van der Waals surface area contributed by atoms with Crippen LogP contribution in [0.5, 0.6) is 0 Å². The molecular formula is C9H15ClN2O3S. The molecule has 0 atom stereocenters. The van der Waals surface area contributed by atoms with Crippen molar-refractivity contribution < 1.29 is 13.2 Å². The van der Waals surface area contributed by atoms with Gasteiger partial charge in [-0.25, -0.2) is 8.42 Å². The fourth-order valence-electron chi connectivity index (χ4n) is 1.18. The van der Waals surface area contributed by atoms with Crippen molar-refractivity contribution in [3.05, 3.63) is 11.9 Å². The standard InChI is InChI=1S/C9H15ClN2O3S/c1-4-15-6-8-9(16(10,13)14)5-12(11-8)7(2)3/h5,7H,4,6H2,1-3H3. The highest BCUT2D eigenvalue weighted by Crippen LogP contribution is 2.21. The molecule has 92 valence electrons. The van der Waals surface area contributed by atoms with Gasteiger partial charge in [-0.2, -0.15) is 5.10 Å². The van der Waals surface area contributed by atoms with Crippen LogP contribution >= 0.6 is 10.7 Å². The van der Waals surface area contributed by atoms with Crippen molar-refractivity contribution in [2.24, 2.45) is 0 Å². The van der Waals surface area contributed by atoms with Gasteiger partial charge in [0.15, 0.2) is 0 Å². The van der Waals surface area contributed by atoms with E-state index in [0.29, 0.717) is 12.3 Å². The van der Waals surface area contributed by atoms with E-state index in [1.807, 2.05) is 20.8 Å². The lowest BCUT2D eigenvalue weighted by Crippen LogP contribution is -2.02. The molecule has 0 aliphatic heterocycles. The summed E-state index contributed by atoms with van der Waals surface area (Å²) in [6.07, 6.45) is 1.43. The van der Waals surface area contributed by atoms with Gasteiger partial charge in [-0.05, 0) is 20.8 Å². The van der Waals surface area contributed by atoms with Gasteiger partial charge >= 0.3 is 0 Å². The molecule has 1 heterocycles. The summed E-state index contributed by atoms with van der Waals surface area (Å²) in [6.45, 7) is 6.28. The molecule has 1 aromatic heterocycles. The molecule has 1 aromatic rings. The third-order valence-corrected chi connectivity index (χ3v) is 3.37. The van der Waals surface area contributed by atoms with Crippen molar-refractivity contribution in [3.8, 4) is 0 Å². The van der Waals surface area contributed by atoms with E-state index in [0.717, 1.165) is 0 Å². The van der Waals surface area contributed by atoms with Crippen molar-refractivity contribution in [3.63, 3.8) is 0 Å². The molecule has 0 saturated carbocycles. The number of hydrogen-bond donors (Lipinski definition) is 0. The van der Waals surface area contributed by atoms with Crippen LogP contribution in [0, 0.1) is 0 Å². The second-order valence-electron chi connectivity index (χ2n) is 3.59. The Kier molecular flexibility index (Phi) is 4.35. The minimum absolute atomic E-state index is 0.0244. The van der Waals surface area contributed by atoms with E-state index in [2.05, 4.69) is 5.10 Å². The average Bonchev–Trinajstić information content (AvgIpc) is 2.57. The van der Waals surface area contributed by atoms with Crippen molar-refractivity contribution in [1.29, 1.82) is 0 Å². The second-order valence-corrected chi connectivity index (χ2v) is 6.12. The highest BCUT2D eigenvalue weighted by molar-refractivity contribution is 8.13. The largest absolute Gasteiger partial charge is 0.375 e. The van der Waals surface area contributed by atoms with Crippen LogP contribution in [-0.4, -0.2) is 24.8 Å². The molecule has 0 N–H and O–H groups in total. The number of rotatable bonds is 5. The molecule has 0 radical (unpaired) electrons. The Labute approximate surface area is 99.8 Å². The predicted octanol–water partition coefficient (Wildman–Crippen LogP) is 1.93. The lowest BCUT2D eigenvalue weighted by atomic mass is 10.4. The van der Waals surface area contributed by atoms with Gasteiger partial charge in [0.1, 0.15) is 10.6 Å². The molecule has 0 amide bonds. The Balaban J connectivity index is 3.13. The molecule has 0 aliphatic rings. The van der Waals surface area contributed by atoms with Gasteiger partial charge in [0.25, 0.3) is 9.05 Å². The first-order valence-electron chi connectivity index (χ1n) is 4.96. The molecule has 0 unspecified atom stereocenters. The van der Waals surface area contributed by atoms with Gasteiger partial charge in [0, 0.05) is 29.5 Å². The second kappa shape index (κ2) is 5.16. The Morgan fingerprint density at radius 3 is 2.62 bits per heavy atom. The zero-order valence-electron chi connectivity index (χ0n) is 9.47. The molecule has 7 heteroatoms. The summed E-state index contributed by atoms with van der Waals surface area (Å²) in [7, 11) is 1.56. The molecule has 16 heavy (non-hydrogen) atoms. The third kappa shape index (κ3) is 3.20. The first-order valence-corrected chi connectivity index (χ1v) is 7.27. The first-order chi connectivity index (χ1) is 7.36. The summed E-state index contributed by atoms with van der Waals surface area (Å²) in [4.78, 5) is 0.0244. The maximum atomic E-state index is 11.3. The normalized spacial score (nSPS) is 12.3. The molecular weight excluding hydrogens is 252 g/mol. The van der Waals surface area contributed by atoms with Gasteiger partial charge in [0.05, 0.1) is 6.61 Å². The topological polar surface area (TPSA) is 61.2 Å². The van der Waals surface area contributed by atoms with E-state index in [4.69, 9.17) is 15.4 Å². The SMILES string of the molecule is CCOCc1nn(C(C)C)cc1S(=O)(=O)Cl. The van der Waals surface area contributed by atoms with E-state index in [1.165, 1.54) is 6.20 Å². The molecule has 0 fully saturated rings. The quantitative estimate of drug-likeness (QED) is 0.764. The smallest absolute Gasteiger partial charge is 0.264 e. The zero-order valence-corrected chi connectivity index (χ0v) is 11.0. The summed E-state index contributed by atoms with van der Waals surface area (Å²) >= 11 is 0. The highest BCUT2D eigenvalue weighted by Gasteiger charge is 2.21. The number of nitrogens with zero attached hydrogens (tertiary/aromatic N) is 2. The monoisotopic (exact) mass is 266 g/mol. The Morgan fingerprint density at radius 2 is 2.19 bits per heavy atom. The first kappa shape index (κ1) is 13.5. The van der Waals surface area contributed by atoms with Crippen molar-refractivity contribution in [2.75, 3.05) is 6.61 Å². The molecule has 0 saturated heterocycles. The lowest BCUT2D eigenvalue weighted by Gasteiger charge is -2.03.